The Balaban J connectivity index is 0.000000509. The van der Waals surface area contributed by atoms with E-state index in [0.717, 1.165) is 10.8 Å². The maximum Gasteiger partial charge on any atom is 0.221 e. The lowest BCUT2D eigenvalue weighted by Crippen LogP contribution is -1.87. The fourth-order valence-corrected chi connectivity index (χ4v) is 1.25. The van der Waals surface area contributed by atoms with Crippen molar-refractivity contribution >= 4 is 10.8 Å². The molecule has 0 atom stereocenters. The van der Waals surface area contributed by atoms with E-state index in [2.05, 4.69) is 4.98 Å². The van der Waals surface area contributed by atoms with Crippen LogP contribution >= 0.6 is 0 Å². The molecule has 0 amide bonds. The average molecular weight is 219 g/mol. The van der Waals surface area contributed by atoms with Crippen LogP contribution in [0.4, 0.5) is 0 Å². The van der Waals surface area contributed by atoms with Crippen LogP contribution in [0.3, 0.4) is 0 Å². The third-order valence-corrected chi connectivity index (χ3v) is 1.83. The summed E-state index contributed by atoms with van der Waals surface area (Å²) >= 11 is 0. The number of ether oxygens (including phenoxy) is 1. The largest absolute Gasteiger partial charge is 0.481 e. The van der Waals surface area contributed by atoms with Crippen LogP contribution in [0.1, 0.15) is 27.7 Å². The molecule has 2 rings (SSSR count). The molecule has 0 saturated carbocycles. The van der Waals surface area contributed by atoms with Crippen molar-refractivity contribution in [2.75, 3.05) is 7.11 Å². The van der Waals surface area contributed by atoms with Gasteiger partial charge in [-0.05, 0) is 17.5 Å². The molecule has 2 aromatic rings. The number of rotatable bonds is 1. The maximum atomic E-state index is 5.12. The first kappa shape index (κ1) is 14.4. The van der Waals surface area contributed by atoms with Gasteiger partial charge in [0.2, 0.25) is 5.88 Å². The van der Waals surface area contributed by atoms with Crippen LogP contribution in [0, 0.1) is 0 Å². The highest BCUT2D eigenvalue weighted by Crippen LogP contribution is 2.21. The zero-order valence-corrected chi connectivity index (χ0v) is 10.8. The second-order valence-electron chi connectivity index (χ2n) is 2.54. The van der Waals surface area contributed by atoms with Gasteiger partial charge in [0.25, 0.3) is 0 Å². The highest BCUT2D eigenvalue weighted by Gasteiger charge is 1.98. The Kier molecular flexibility index (Phi) is 7.86. The smallest absolute Gasteiger partial charge is 0.221 e. The van der Waals surface area contributed by atoms with E-state index < -0.39 is 0 Å². The minimum absolute atomic E-state index is 0.688. The first-order valence-corrected chi connectivity index (χ1v) is 5.79. The molecule has 1 aromatic carbocycles. The van der Waals surface area contributed by atoms with Gasteiger partial charge in [0.05, 0.1) is 7.11 Å². The number of hydrogen-bond donors (Lipinski definition) is 0. The third-order valence-electron chi connectivity index (χ3n) is 1.83. The Labute approximate surface area is 98.3 Å². The molecule has 0 radical (unpaired) electrons. The van der Waals surface area contributed by atoms with Gasteiger partial charge in [0.1, 0.15) is 0 Å². The number of pyridine rings is 1. The summed E-state index contributed by atoms with van der Waals surface area (Å²) in [6, 6.07) is 9.99. The van der Waals surface area contributed by atoms with Crippen molar-refractivity contribution in [3.05, 3.63) is 36.5 Å². The zero-order chi connectivity index (χ0) is 12.4. The fourth-order valence-electron chi connectivity index (χ4n) is 1.25. The van der Waals surface area contributed by atoms with Crippen molar-refractivity contribution in [2.24, 2.45) is 0 Å². The standard InChI is InChI=1S/C10H9NO.2C2H6/c1-12-10-9-5-3-2-4-8(9)6-7-11-10;2*1-2/h2-7H,1H3;2*1-2H3. The number of nitrogens with zero attached hydrogens (tertiary/aromatic N) is 1. The van der Waals surface area contributed by atoms with E-state index in [1.807, 2.05) is 58.0 Å². The molecule has 1 aromatic heterocycles. The third kappa shape index (κ3) is 3.54. The Morgan fingerprint density at radius 2 is 1.56 bits per heavy atom. The van der Waals surface area contributed by atoms with Crippen molar-refractivity contribution in [3.63, 3.8) is 0 Å². The summed E-state index contributed by atoms with van der Waals surface area (Å²) in [6.07, 6.45) is 1.75. The first-order chi connectivity index (χ1) is 7.92. The average Bonchev–Trinajstić information content (AvgIpc) is 2.42. The van der Waals surface area contributed by atoms with Crippen LogP contribution in [-0.4, -0.2) is 12.1 Å². The van der Waals surface area contributed by atoms with Gasteiger partial charge in [-0.15, -0.1) is 0 Å². The minimum atomic E-state index is 0.688. The van der Waals surface area contributed by atoms with Gasteiger partial charge >= 0.3 is 0 Å². The van der Waals surface area contributed by atoms with Gasteiger partial charge in [-0.2, -0.15) is 0 Å². The molecule has 0 aliphatic rings. The number of hydrogen-bond acceptors (Lipinski definition) is 2. The lowest BCUT2D eigenvalue weighted by molar-refractivity contribution is 0.403. The van der Waals surface area contributed by atoms with Crippen molar-refractivity contribution in [1.29, 1.82) is 0 Å². The van der Waals surface area contributed by atoms with Crippen LogP contribution in [-0.2, 0) is 0 Å². The Hall–Kier alpha value is -1.57. The van der Waals surface area contributed by atoms with Crippen molar-refractivity contribution in [3.8, 4) is 5.88 Å². The highest BCUT2D eigenvalue weighted by molar-refractivity contribution is 5.86. The molecule has 0 saturated heterocycles. The topological polar surface area (TPSA) is 22.1 Å². The molecule has 88 valence electrons. The van der Waals surface area contributed by atoms with E-state index >= 15 is 0 Å². The van der Waals surface area contributed by atoms with E-state index in [9.17, 15) is 0 Å². The zero-order valence-electron chi connectivity index (χ0n) is 10.8. The molecule has 0 spiro atoms. The molecule has 0 fully saturated rings. The Morgan fingerprint density at radius 3 is 2.19 bits per heavy atom. The molecule has 0 unspecified atom stereocenters. The predicted octanol–water partition coefficient (Wildman–Crippen LogP) is 4.30. The Bertz CT molecular complexity index is 393. The second kappa shape index (κ2) is 8.72. The number of benzene rings is 1. The molecule has 1 heterocycles. The minimum Gasteiger partial charge on any atom is -0.481 e. The molecule has 2 heteroatoms. The number of fused-ring (bicyclic) bond motifs is 1. The SMILES string of the molecule is CC.CC.COc1nccc2ccccc12. The summed E-state index contributed by atoms with van der Waals surface area (Å²) in [5.74, 6) is 0.688. The van der Waals surface area contributed by atoms with Gasteiger partial charge in [-0.3, -0.25) is 0 Å². The van der Waals surface area contributed by atoms with Crippen molar-refractivity contribution in [2.45, 2.75) is 27.7 Å². The maximum absolute atomic E-state index is 5.12. The summed E-state index contributed by atoms with van der Waals surface area (Å²) < 4.78 is 5.12. The van der Waals surface area contributed by atoms with Crippen LogP contribution in [0.25, 0.3) is 10.8 Å². The van der Waals surface area contributed by atoms with E-state index in [4.69, 9.17) is 4.74 Å². The molecule has 0 aliphatic carbocycles. The lowest BCUT2D eigenvalue weighted by atomic mass is 10.2. The highest BCUT2D eigenvalue weighted by atomic mass is 16.5. The summed E-state index contributed by atoms with van der Waals surface area (Å²) in [5.41, 5.74) is 0. The molecule has 0 aliphatic heterocycles. The summed E-state index contributed by atoms with van der Waals surface area (Å²) in [4.78, 5) is 4.10. The fraction of sp³-hybridized carbons (Fsp3) is 0.357. The quantitative estimate of drug-likeness (QED) is 0.713. The van der Waals surface area contributed by atoms with Crippen molar-refractivity contribution < 1.29 is 4.74 Å². The number of aromatic nitrogens is 1. The van der Waals surface area contributed by atoms with Gasteiger partial charge in [0, 0.05) is 11.6 Å². The predicted molar refractivity (Wildman–Crippen MR) is 71.0 cm³/mol. The molecule has 0 bridgehead atoms. The van der Waals surface area contributed by atoms with E-state index in [0.29, 0.717) is 5.88 Å². The molecule has 2 nitrogen and oxygen atoms in total. The van der Waals surface area contributed by atoms with E-state index in [-0.39, 0.29) is 0 Å². The molecular formula is C14H21NO. The van der Waals surface area contributed by atoms with Crippen molar-refractivity contribution in [1.82, 2.24) is 4.98 Å². The van der Waals surface area contributed by atoms with Crippen LogP contribution in [0.5, 0.6) is 5.88 Å². The summed E-state index contributed by atoms with van der Waals surface area (Å²) in [6.45, 7) is 8.00. The normalized spacial score (nSPS) is 8.31. The van der Waals surface area contributed by atoms with Gasteiger partial charge in [0.15, 0.2) is 0 Å². The van der Waals surface area contributed by atoms with E-state index in [1.54, 1.807) is 13.3 Å². The number of methoxy groups -OCH3 is 1. The monoisotopic (exact) mass is 219 g/mol. The van der Waals surface area contributed by atoms with Crippen LogP contribution in [0.15, 0.2) is 36.5 Å². The molecular weight excluding hydrogens is 198 g/mol. The summed E-state index contributed by atoms with van der Waals surface area (Å²) in [7, 11) is 1.63. The Morgan fingerprint density at radius 1 is 0.938 bits per heavy atom. The molecule has 16 heavy (non-hydrogen) atoms. The molecule has 0 N–H and O–H groups in total. The van der Waals surface area contributed by atoms with Crippen LogP contribution in [0.2, 0.25) is 0 Å². The van der Waals surface area contributed by atoms with Gasteiger partial charge in [-0.25, -0.2) is 4.98 Å². The van der Waals surface area contributed by atoms with Gasteiger partial charge < -0.3 is 4.74 Å². The first-order valence-electron chi connectivity index (χ1n) is 5.79. The van der Waals surface area contributed by atoms with E-state index in [1.165, 1.54) is 0 Å². The van der Waals surface area contributed by atoms with Crippen LogP contribution < -0.4 is 4.74 Å². The second-order valence-corrected chi connectivity index (χ2v) is 2.54. The van der Waals surface area contributed by atoms with Gasteiger partial charge in [-0.1, -0.05) is 45.9 Å². The summed E-state index contributed by atoms with van der Waals surface area (Å²) in [5, 5.41) is 2.21. The lowest BCUT2D eigenvalue weighted by Gasteiger charge is -2.01.